The Balaban J connectivity index is 1.54. The molecule has 3 amide bonds. The van der Waals surface area contributed by atoms with Gasteiger partial charge in [-0.15, -0.1) is 0 Å². The van der Waals surface area contributed by atoms with E-state index in [-0.39, 0.29) is 16.6 Å². The van der Waals surface area contributed by atoms with Crippen LogP contribution in [0.1, 0.15) is 27.0 Å². The monoisotopic (exact) mass is 493 g/mol. The molecule has 0 atom stereocenters. The topological polar surface area (TPSA) is 78.5 Å². The Morgan fingerprint density at radius 3 is 2.24 bits per heavy atom. The van der Waals surface area contributed by atoms with Crippen molar-refractivity contribution in [3.05, 3.63) is 98.7 Å². The van der Waals surface area contributed by atoms with E-state index in [1.54, 1.807) is 48.5 Å². The molecule has 0 fully saturated rings. The summed E-state index contributed by atoms with van der Waals surface area (Å²) >= 11 is 12.4. The second kappa shape index (κ2) is 9.33. The number of hydrogen-bond donors (Lipinski definition) is 2. The molecule has 172 valence electrons. The highest BCUT2D eigenvalue weighted by Crippen LogP contribution is 2.31. The van der Waals surface area contributed by atoms with Gasteiger partial charge in [-0.1, -0.05) is 41.4 Å². The molecule has 34 heavy (non-hydrogen) atoms. The van der Waals surface area contributed by atoms with Crippen molar-refractivity contribution in [3.63, 3.8) is 0 Å². The molecule has 3 aromatic rings. The lowest BCUT2D eigenvalue weighted by Crippen LogP contribution is -2.32. The molecule has 0 aliphatic carbocycles. The Morgan fingerprint density at radius 1 is 0.794 bits per heavy atom. The van der Waals surface area contributed by atoms with Crippen LogP contribution in [0.2, 0.25) is 5.02 Å². The van der Waals surface area contributed by atoms with E-state index in [2.05, 4.69) is 10.6 Å². The summed E-state index contributed by atoms with van der Waals surface area (Å²) in [7, 11) is 0. The van der Waals surface area contributed by atoms with Gasteiger partial charge in [0.15, 0.2) is 0 Å². The zero-order chi connectivity index (χ0) is 24.6. The first-order chi connectivity index (χ1) is 16.2. The number of anilines is 3. The Labute approximate surface area is 207 Å². The zero-order valence-corrected chi connectivity index (χ0v) is 20.2. The largest absolute Gasteiger partial charge is 0.350 e. The van der Waals surface area contributed by atoms with Gasteiger partial charge in [0.05, 0.1) is 5.69 Å². The number of carbonyl (C=O) groups is 3. The van der Waals surface area contributed by atoms with Gasteiger partial charge in [-0.25, -0.2) is 4.90 Å². The molecule has 0 bridgehead atoms. The first-order valence-corrected chi connectivity index (χ1v) is 11.2. The molecule has 3 aromatic carbocycles. The van der Waals surface area contributed by atoms with Gasteiger partial charge >= 0.3 is 0 Å². The minimum absolute atomic E-state index is 0.0484. The molecule has 0 unspecified atom stereocenters. The van der Waals surface area contributed by atoms with Gasteiger partial charge in [-0.3, -0.25) is 14.4 Å². The highest BCUT2D eigenvalue weighted by Gasteiger charge is 2.39. The molecule has 4 rings (SSSR count). The minimum Gasteiger partial charge on any atom is -0.350 e. The van der Waals surface area contributed by atoms with Crippen LogP contribution < -0.4 is 15.5 Å². The summed E-state index contributed by atoms with van der Waals surface area (Å²) in [6, 6.07) is 17.1. The second-order valence-corrected chi connectivity index (χ2v) is 8.81. The predicted molar refractivity (Wildman–Crippen MR) is 135 cm³/mol. The molecule has 0 radical (unpaired) electrons. The smallest absolute Gasteiger partial charge is 0.283 e. The van der Waals surface area contributed by atoms with E-state index in [1.165, 1.54) is 0 Å². The quantitative estimate of drug-likeness (QED) is 0.430. The molecule has 8 heteroatoms. The number of hydrogen-bond acceptors (Lipinski definition) is 4. The number of nitrogens with one attached hydrogen (secondary N) is 2. The van der Waals surface area contributed by atoms with Crippen molar-refractivity contribution in [2.75, 3.05) is 15.5 Å². The van der Waals surface area contributed by atoms with E-state index in [9.17, 15) is 14.4 Å². The van der Waals surface area contributed by atoms with Crippen LogP contribution in [-0.2, 0) is 9.59 Å². The maximum Gasteiger partial charge on any atom is 0.283 e. The van der Waals surface area contributed by atoms with E-state index < -0.39 is 11.8 Å². The molecule has 0 saturated heterocycles. The lowest BCUT2D eigenvalue weighted by molar-refractivity contribution is -0.120. The van der Waals surface area contributed by atoms with Crippen molar-refractivity contribution >= 4 is 58.0 Å². The number of aryl methyl sites for hydroxylation is 3. The Hall–Kier alpha value is -3.61. The summed E-state index contributed by atoms with van der Waals surface area (Å²) in [6.07, 6.45) is 0. The van der Waals surface area contributed by atoms with Gasteiger partial charge in [0.2, 0.25) is 0 Å². The van der Waals surface area contributed by atoms with Crippen LogP contribution in [0.25, 0.3) is 0 Å². The zero-order valence-electron chi connectivity index (χ0n) is 18.7. The third-order valence-corrected chi connectivity index (χ3v) is 6.36. The Bertz CT molecular complexity index is 1380. The van der Waals surface area contributed by atoms with Crippen LogP contribution in [0, 0.1) is 20.8 Å². The fraction of sp³-hybridized carbons (Fsp3) is 0.115. The van der Waals surface area contributed by atoms with Gasteiger partial charge < -0.3 is 10.6 Å². The van der Waals surface area contributed by atoms with Crippen LogP contribution >= 0.6 is 23.2 Å². The molecule has 2 N–H and O–H groups in total. The van der Waals surface area contributed by atoms with Crippen molar-refractivity contribution in [1.29, 1.82) is 0 Å². The van der Waals surface area contributed by atoms with Crippen molar-refractivity contribution in [3.8, 4) is 0 Å². The van der Waals surface area contributed by atoms with Crippen molar-refractivity contribution < 1.29 is 14.4 Å². The average Bonchev–Trinajstić information content (AvgIpc) is 3.01. The molecule has 1 heterocycles. The maximum absolute atomic E-state index is 13.1. The van der Waals surface area contributed by atoms with Crippen LogP contribution in [-0.4, -0.2) is 17.7 Å². The standard InChI is InChI=1S/C26H21Cl2N3O3/c1-14-8-10-20(11-16(14)3)31-25(33)22(28)23(26(31)34)29-18-6-4-5-17(12-18)24(32)30-19-9-7-15(2)21(27)13-19/h4-13,29H,1-3H3,(H,30,32). The molecule has 1 aliphatic rings. The van der Waals surface area contributed by atoms with E-state index in [0.29, 0.717) is 27.6 Å². The number of rotatable bonds is 5. The normalized spacial score (nSPS) is 13.5. The number of nitrogens with zero attached hydrogens (tertiary/aromatic N) is 1. The number of amides is 3. The first kappa shape index (κ1) is 23.5. The van der Waals surface area contributed by atoms with Gasteiger partial charge in [0, 0.05) is 22.0 Å². The highest BCUT2D eigenvalue weighted by molar-refractivity contribution is 6.53. The second-order valence-electron chi connectivity index (χ2n) is 8.03. The van der Waals surface area contributed by atoms with Crippen LogP contribution in [0.4, 0.5) is 17.1 Å². The van der Waals surface area contributed by atoms with Gasteiger partial charge in [-0.05, 0) is 79.9 Å². The number of halogens is 2. The number of carbonyl (C=O) groups excluding carboxylic acids is 3. The summed E-state index contributed by atoms with van der Waals surface area (Å²) in [4.78, 5) is 39.6. The Morgan fingerprint density at radius 2 is 1.53 bits per heavy atom. The predicted octanol–water partition coefficient (Wildman–Crippen LogP) is 5.95. The van der Waals surface area contributed by atoms with Crippen LogP contribution in [0.15, 0.2) is 71.4 Å². The summed E-state index contributed by atoms with van der Waals surface area (Å²) in [5.74, 6) is -1.53. The average molecular weight is 494 g/mol. The minimum atomic E-state index is -0.609. The molecular weight excluding hydrogens is 473 g/mol. The Kier molecular flexibility index (Phi) is 6.46. The number of benzene rings is 3. The van der Waals surface area contributed by atoms with E-state index >= 15 is 0 Å². The fourth-order valence-electron chi connectivity index (χ4n) is 3.47. The van der Waals surface area contributed by atoms with E-state index in [1.807, 2.05) is 32.9 Å². The maximum atomic E-state index is 13.1. The fourth-order valence-corrected chi connectivity index (χ4v) is 3.86. The lowest BCUT2D eigenvalue weighted by Gasteiger charge is -2.16. The summed E-state index contributed by atoms with van der Waals surface area (Å²) in [5.41, 5.74) is 4.64. The third kappa shape index (κ3) is 4.55. The third-order valence-electron chi connectivity index (χ3n) is 5.60. The SMILES string of the molecule is Cc1ccc(N2C(=O)C(Cl)=C(Nc3cccc(C(=O)Nc4ccc(C)c(Cl)c4)c3)C2=O)cc1C. The van der Waals surface area contributed by atoms with E-state index in [0.717, 1.165) is 21.6 Å². The molecule has 0 aromatic heterocycles. The summed E-state index contributed by atoms with van der Waals surface area (Å²) < 4.78 is 0. The van der Waals surface area contributed by atoms with Crippen molar-refractivity contribution in [2.24, 2.45) is 0 Å². The van der Waals surface area contributed by atoms with Gasteiger partial charge in [0.1, 0.15) is 10.7 Å². The molecule has 1 aliphatic heterocycles. The summed E-state index contributed by atoms with van der Waals surface area (Å²) in [5, 5.41) is 6.03. The van der Waals surface area contributed by atoms with Crippen molar-refractivity contribution in [2.45, 2.75) is 20.8 Å². The first-order valence-electron chi connectivity index (χ1n) is 10.5. The highest BCUT2D eigenvalue weighted by atomic mass is 35.5. The van der Waals surface area contributed by atoms with Crippen LogP contribution in [0.3, 0.4) is 0 Å². The molecular formula is C26H21Cl2N3O3. The van der Waals surface area contributed by atoms with Gasteiger partial charge in [-0.2, -0.15) is 0 Å². The van der Waals surface area contributed by atoms with Crippen LogP contribution in [0.5, 0.6) is 0 Å². The molecule has 6 nitrogen and oxygen atoms in total. The number of imide groups is 1. The van der Waals surface area contributed by atoms with E-state index in [4.69, 9.17) is 23.2 Å². The molecule has 0 spiro atoms. The van der Waals surface area contributed by atoms with Gasteiger partial charge in [0.25, 0.3) is 17.7 Å². The van der Waals surface area contributed by atoms with Crippen molar-refractivity contribution in [1.82, 2.24) is 0 Å². The molecule has 0 saturated carbocycles. The summed E-state index contributed by atoms with van der Waals surface area (Å²) in [6.45, 7) is 5.72. The lowest BCUT2D eigenvalue weighted by atomic mass is 10.1.